The van der Waals surface area contributed by atoms with Gasteiger partial charge < -0.3 is 9.32 Å². The minimum atomic E-state index is -0.0605. The Morgan fingerprint density at radius 3 is 2.65 bits per heavy atom. The Labute approximate surface area is 100 Å². The highest BCUT2D eigenvalue weighted by atomic mass is 16.3. The third-order valence-corrected chi connectivity index (χ3v) is 2.90. The number of piperazine rings is 1. The van der Waals surface area contributed by atoms with Gasteiger partial charge in [-0.15, -0.1) is 0 Å². The van der Waals surface area contributed by atoms with Gasteiger partial charge in [0.15, 0.2) is 5.76 Å². The predicted molar refractivity (Wildman–Crippen MR) is 61.4 cm³/mol. The van der Waals surface area contributed by atoms with Crippen LogP contribution in [-0.4, -0.2) is 48.4 Å². The second-order valence-electron chi connectivity index (χ2n) is 4.14. The zero-order valence-corrected chi connectivity index (χ0v) is 9.85. The van der Waals surface area contributed by atoms with E-state index >= 15 is 0 Å². The average Bonchev–Trinajstić information content (AvgIpc) is 2.76. The van der Waals surface area contributed by atoms with E-state index in [4.69, 9.17) is 9.68 Å². The lowest BCUT2D eigenvalue weighted by Gasteiger charge is -2.32. The molecule has 1 fully saturated rings. The molecule has 0 atom stereocenters. The first-order valence-corrected chi connectivity index (χ1v) is 5.65. The zero-order chi connectivity index (χ0) is 12.3. The van der Waals surface area contributed by atoms with Crippen molar-refractivity contribution in [3.8, 4) is 6.07 Å². The highest BCUT2D eigenvalue weighted by molar-refractivity contribution is 5.91. The molecular weight excluding hydrogens is 218 g/mol. The fourth-order valence-electron chi connectivity index (χ4n) is 1.91. The number of nitriles is 1. The van der Waals surface area contributed by atoms with E-state index in [0.29, 0.717) is 25.4 Å². The number of hydrogen-bond acceptors (Lipinski definition) is 4. The Kier molecular flexibility index (Phi) is 3.45. The average molecular weight is 233 g/mol. The van der Waals surface area contributed by atoms with Gasteiger partial charge >= 0.3 is 0 Å². The normalized spacial score (nSPS) is 16.8. The third kappa shape index (κ3) is 2.66. The molecule has 0 spiro atoms. The molecule has 1 aromatic heterocycles. The molecule has 1 aliphatic rings. The number of carbonyl (C=O) groups excluding carboxylic acids is 1. The Balaban J connectivity index is 1.93. The molecule has 0 aromatic carbocycles. The summed E-state index contributed by atoms with van der Waals surface area (Å²) in [5.41, 5.74) is 0. The summed E-state index contributed by atoms with van der Waals surface area (Å²) in [5, 5.41) is 8.59. The summed E-state index contributed by atoms with van der Waals surface area (Å²) >= 11 is 0. The standard InChI is InChI=1S/C12H15N3O2/c1-10-2-3-11(17-10)12(16)15-8-6-14(5-4-13)7-9-15/h2-3H,5-9H2,1H3. The molecule has 5 heteroatoms. The van der Waals surface area contributed by atoms with Gasteiger partial charge in [-0.05, 0) is 19.1 Å². The van der Waals surface area contributed by atoms with Gasteiger partial charge in [0.05, 0.1) is 12.6 Å². The molecule has 17 heavy (non-hydrogen) atoms. The van der Waals surface area contributed by atoms with Gasteiger partial charge in [-0.1, -0.05) is 0 Å². The Hall–Kier alpha value is -1.80. The van der Waals surface area contributed by atoms with E-state index in [-0.39, 0.29) is 5.91 Å². The third-order valence-electron chi connectivity index (χ3n) is 2.90. The van der Waals surface area contributed by atoms with Crippen molar-refractivity contribution in [2.75, 3.05) is 32.7 Å². The number of carbonyl (C=O) groups is 1. The van der Waals surface area contributed by atoms with Crippen LogP contribution in [0.25, 0.3) is 0 Å². The van der Waals surface area contributed by atoms with Crippen LogP contribution >= 0.6 is 0 Å². The van der Waals surface area contributed by atoms with Gasteiger partial charge in [0.25, 0.3) is 5.91 Å². The Bertz CT molecular complexity index is 439. The first-order chi connectivity index (χ1) is 8.20. The maximum atomic E-state index is 12.0. The molecule has 1 saturated heterocycles. The molecule has 1 amide bonds. The minimum absolute atomic E-state index is 0.0605. The number of hydrogen-bond donors (Lipinski definition) is 0. The van der Waals surface area contributed by atoms with Crippen molar-refractivity contribution in [1.29, 1.82) is 5.26 Å². The van der Waals surface area contributed by atoms with Crippen LogP contribution in [0.5, 0.6) is 0 Å². The van der Waals surface area contributed by atoms with E-state index in [1.165, 1.54) is 0 Å². The summed E-state index contributed by atoms with van der Waals surface area (Å²) in [6.45, 7) is 5.06. The van der Waals surface area contributed by atoms with Crippen LogP contribution < -0.4 is 0 Å². The maximum absolute atomic E-state index is 12.0. The molecule has 0 N–H and O–H groups in total. The summed E-state index contributed by atoms with van der Waals surface area (Å²) in [5.74, 6) is 1.09. The minimum Gasteiger partial charge on any atom is -0.456 e. The molecule has 0 radical (unpaired) electrons. The van der Waals surface area contributed by atoms with Gasteiger partial charge in [0.1, 0.15) is 5.76 Å². The molecule has 1 aromatic rings. The topological polar surface area (TPSA) is 60.5 Å². The van der Waals surface area contributed by atoms with Crippen molar-refractivity contribution in [3.05, 3.63) is 23.7 Å². The van der Waals surface area contributed by atoms with Crippen LogP contribution in [0.15, 0.2) is 16.5 Å². The van der Waals surface area contributed by atoms with Crippen molar-refractivity contribution >= 4 is 5.91 Å². The summed E-state index contributed by atoms with van der Waals surface area (Å²) in [6, 6.07) is 5.62. The van der Waals surface area contributed by atoms with Crippen LogP contribution in [0.4, 0.5) is 0 Å². The summed E-state index contributed by atoms with van der Waals surface area (Å²) in [4.78, 5) is 15.8. The SMILES string of the molecule is Cc1ccc(C(=O)N2CCN(CC#N)CC2)o1. The molecule has 0 unspecified atom stereocenters. The first kappa shape index (κ1) is 11.7. The number of aryl methyl sites for hydroxylation is 1. The molecule has 2 rings (SSSR count). The molecule has 0 aliphatic carbocycles. The van der Waals surface area contributed by atoms with Crippen LogP contribution in [0.2, 0.25) is 0 Å². The highest BCUT2D eigenvalue weighted by Crippen LogP contribution is 2.11. The van der Waals surface area contributed by atoms with Crippen molar-refractivity contribution in [1.82, 2.24) is 9.80 Å². The summed E-state index contributed by atoms with van der Waals surface area (Å²) in [6.07, 6.45) is 0. The molecular formula is C12H15N3O2. The molecule has 2 heterocycles. The number of amides is 1. The fourth-order valence-corrected chi connectivity index (χ4v) is 1.91. The maximum Gasteiger partial charge on any atom is 0.289 e. The summed E-state index contributed by atoms with van der Waals surface area (Å²) in [7, 11) is 0. The van der Waals surface area contributed by atoms with E-state index in [9.17, 15) is 4.79 Å². The molecule has 0 saturated carbocycles. The molecule has 0 bridgehead atoms. The number of nitrogens with zero attached hydrogens (tertiary/aromatic N) is 3. The quantitative estimate of drug-likeness (QED) is 0.711. The smallest absolute Gasteiger partial charge is 0.289 e. The van der Waals surface area contributed by atoms with E-state index < -0.39 is 0 Å². The van der Waals surface area contributed by atoms with Crippen LogP contribution in [-0.2, 0) is 0 Å². The molecule has 90 valence electrons. The second kappa shape index (κ2) is 5.02. The first-order valence-electron chi connectivity index (χ1n) is 5.65. The predicted octanol–water partition coefficient (Wildman–Crippen LogP) is 0.869. The monoisotopic (exact) mass is 233 g/mol. The summed E-state index contributed by atoms with van der Waals surface area (Å²) < 4.78 is 5.32. The van der Waals surface area contributed by atoms with Crippen LogP contribution in [0.3, 0.4) is 0 Å². The van der Waals surface area contributed by atoms with Crippen LogP contribution in [0, 0.1) is 18.3 Å². The van der Waals surface area contributed by atoms with Crippen molar-refractivity contribution < 1.29 is 9.21 Å². The van der Waals surface area contributed by atoms with Crippen LogP contribution in [0.1, 0.15) is 16.3 Å². The van der Waals surface area contributed by atoms with E-state index in [1.54, 1.807) is 17.0 Å². The van der Waals surface area contributed by atoms with Gasteiger partial charge in [-0.25, -0.2) is 0 Å². The van der Waals surface area contributed by atoms with Gasteiger partial charge in [-0.2, -0.15) is 5.26 Å². The van der Waals surface area contributed by atoms with Crippen molar-refractivity contribution in [2.24, 2.45) is 0 Å². The fraction of sp³-hybridized carbons (Fsp3) is 0.500. The van der Waals surface area contributed by atoms with E-state index in [2.05, 4.69) is 6.07 Å². The second-order valence-corrected chi connectivity index (χ2v) is 4.14. The van der Waals surface area contributed by atoms with Gasteiger partial charge in [-0.3, -0.25) is 9.69 Å². The van der Waals surface area contributed by atoms with Crippen molar-refractivity contribution in [2.45, 2.75) is 6.92 Å². The Morgan fingerprint density at radius 1 is 1.41 bits per heavy atom. The van der Waals surface area contributed by atoms with Gasteiger partial charge in [0.2, 0.25) is 0 Å². The number of furan rings is 1. The highest BCUT2D eigenvalue weighted by Gasteiger charge is 2.23. The van der Waals surface area contributed by atoms with Gasteiger partial charge in [0, 0.05) is 26.2 Å². The van der Waals surface area contributed by atoms with E-state index in [0.717, 1.165) is 18.8 Å². The molecule has 5 nitrogen and oxygen atoms in total. The lowest BCUT2D eigenvalue weighted by Crippen LogP contribution is -2.48. The Morgan fingerprint density at radius 2 is 2.12 bits per heavy atom. The lowest BCUT2D eigenvalue weighted by molar-refractivity contribution is 0.0619. The zero-order valence-electron chi connectivity index (χ0n) is 9.85. The van der Waals surface area contributed by atoms with E-state index in [1.807, 2.05) is 11.8 Å². The number of rotatable bonds is 2. The largest absolute Gasteiger partial charge is 0.456 e. The van der Waals surface area contributed by atoms with Crippen molar-refractivity contribution in [3.63, 3.8) is 0 Å². The lowest BCUT2D eigenvalue weighted by atomic mass is 10.3. The molecule has 1 aliphatic heterocycles.